The van der Waals surface area contributed by atoms with Crippen molar-refractivity contribution >= 4 is 11.7 Å². The third kappa shape index (κ3) is 5.96. The Balaban J connectivity index is 1.39. The molecule has 0 spiro atoms. The van der Waals surface area contributed by atoms with Gasteiger partial charge in [-0.1, -0.05) is 42.0 Å². The summed E-state index contributed by atoms with van der Waals surface area (Å²) >= 11 is 0. The van der Waals surface area contributed by atoms with E-state index in [1.165, 1.54) is 31.3 Å². The molecule has 1 aliphatic carbocycles. The van der Waals surface area contributed by atoms with Gasteiger partial charge in [0.15, 0.2) is 0 Å². The molecular weight excluding hydrogens is 324 g/mol. The first kappa shape index (κ1) is 18.1. The molecule has 2 amide bonds. The molecule has 0 heterocycles. The molecule has 136 valence electrons. The van der Waals surface area contributed by atoms with Gasteiger partial charge in [0.25, 0.3) is 0 Å². The van der Waals surface area contributed by atoms with E-state index in [4.69, 9.17) is 4.74 Å². The van der Waals surface area contributed by atoms with Gasteiger partial charge in [-0.15, -0.1) is 0 Å². The minimum absolute atomic E-state index is 0.167. The minimum atomic E-state index is -0.167. The number of ether oxygens (including phenoxy) is 1. The molecule has 0 radical (unpaired) electrons. The lowest BCUT2D eigenvalue weighted by atomic mass is 9.97. The van der Waals surface area contributed by atoms with E-state index in [0.29, 0.717) is 13.2 Å². The first-order valence-electron chi connectivity index (χ1n) is 9.29. The number of allylic oxidation sites excluding steroid dienone is 1. The molecule has 0 aromatic heterocycles. The number of rotatable bonds is 7. The summed E-state index contributed by atoms with van der Waals surface area (Å²) in [5.74, 6) is 0.782. The van der Waals surface area contributed by atoms with Crippen molar-refractivity contribution in [3.8, 4) is 5.75 Å². The fourth-order valence-electron chi connectivity index (χ4n) is 3.02. The maximum absolute atomic E-state index is 12.0. The Bertz CT molecular complexity index is 724. The van der Waals surface area contributed by atoms with E-state index in [9.17, 15) is 4.79 Å². The number of carbonyl (C=O) groups is 1. The van der Waals surface area contributed by atoms with Gasteiger partial charge in [0.1, 0.15) is 12.4 Å². The largest absolute Gasteiger partial charge is 0.489 e. The van der Waals surface area contributed by atoms with Gasteiger partial charge in [-0.2, -0.15) is 0 Å². The average Bonchev–Trinajstić information content (AvgIpc) is 2.69. The van der Waals surface area contributed by atoms with Gasteiger partial charge >= 0.3 is 6.03 Å². The number of urea groups is 1. The molecular formula is C22H26N2O2. The molecule has 0 aliphatic heterocycles. The minimum Gasteiger partial charge on any atom is -0.489 e. The van der Waals surface area contributed by atoms with Crippen LogP contribution in [0.5, 0.6) is 5.75 Å². The molecule has 0 fully saturated rings. The Morgan fingerprint density at radius 1 is 1.00 bits per heavy atom. The highest BCUT2D eigenvalue weighted by atomic mass is 16.5. The van der Waals surface area contributed by atoms with Crippen molar-refractivity contribution in [2.75, 3.05) is 11.9 Å². The van der Waals surface area contributed by atoms with Crippen LogP contribution in [0.3, 0.4) is 0 Å². The fraction of sp³-hybridized carbons (Fsp3) is 0.318. The van der Waals surface area contributed by atoms with Gasteiger partial charge in [0.2, 0.25) is 0 Å². The van der Waals surface area contributed by atoms with Crippen molar-refractivity contribution in [3.05, 3.63) is 71.8 Å². The Morgan fingerprint density at radius 3 is 2.54 bits per heavy atom. The summed E-state index contributed by atoms with van der Waals surface area (Å²) in [6.45, 7) is 1.21. The van der Waals surface area contributed by atoms with E-state index in [1.54, 1.807) is 0 Å². The SMILES string of the molecule is O=C(NCCC1=CCCCC1)Nc1ccc(OCc2ccccc2)cc1. The van der Waals surface area contributed by atoms with Crippen LogP contribution in [0.15, 0.2) is 66.2 Å². The second kappa shape index (κ2) is 9.66. The summed E-state index contributed by atoms with van der Waals surface area (Å²) in [5, 5.41) is 5.77. The van der Waals surface area contributed by atoms with Crippen LogP contribution < -0.4 is 15.4 Å². The van der Waals surface area contributed by atoms with E-state index in [-0.39, 0.29) is 6.03 Å². The summed E-state index contributed by atoms with van der Waals surface area (Å²) < 4.78 is 5.75. The van der Waals surface area contributed by atoms with Crippen LogP contribution in [0.2, 0.25) is 0 Å². The van der Waals surface area contributed by atoms with Gasteiger partial charge in [-0.05, 0) is 61.9 Å². The van der Waals surface area contributed by atoms with Crippen LogP contribution in [0, 0.1) is 0 Å². The lowest BCUT2D eigenvalue weighted by molar-refractivity contribution is 0.252. The average molecular weight is 350 g/mol. The van der Waals surface area contributed by atoms with Crippen LogP contribution in [-0.4, -0.2) is 12.6 Å². The number of amides is 2. The number of hydrogen-bond acceptors (Lipinski definition) is 2. The molecule has 2 N–H and O–H groups in total. The first-order chi connectivity index (χ1) is 12.8. The first-order valence-corrected chi connectivity index (χ1v) is 9.29. The van der Waals surface area contributed by atoms with Crippen LogP contribution >= 0.6 is 0 Å². The lowest BCUT2D eigenvalue weighted by Crippen LogP contribution is -2.29. The second-order valence-corrected chi connectivity index (χ2v) is 6.54. The lowest BCUT2D eigenvalue weighted by Gasteiger charge is -2.13. The molecule has 26 heavy (non-hydrogen) atoms. The van der Waals surface area contributed by atoms with Gasteiger partial charge in [0, 0.05) is 12.2 Å². The van der Waals surface area contributed by atoms with E-state index in [0.717, 1.165) is 23.4 Å². The molecule has 3 rings (SSSR count). The van der Waals surface area contributed by atoms with Gasteiger partial charge in [-0.25, -0.2) is 4.79 Å². The predicted octanol–water partition coefficient (Wildman–Crippen LogP) is 5.28. The molecule has 1 aliphatic rings. The summed E-state index contributed by atoms with van der Waals surface area (Å²) in [6, 6.07) is 17.3. The number of anilines is 1. The van der Waals surface area contributed by atoms with Crippen LogP contribution in [-0.2, 0) is 6.61 Å². The molecule has 0 unspecified atom stereocenters. The van der Waals surface area contributed by atoms with Crippen LogP contribution in [0.25, 0.3) is 0 Å². The summed E-state index contributed by atoms with van der Waals surface area (Å²) in [5.41, 5.74) is 3.35. The molecule has 4 heteroatoms. The van der Waals surface area contributed by atoms with Gasteiger partial charge in [0.05, 0.1) is 0 Å². The van der Waals surface area contributed by atoms with Crippen molar-refractivity contribution in [2.45, 2.75) is 38.7 Å². The highest BCUT2D eigenvalue weighted by Crippen LogP contribution is 2.19. The van der Waals surface area contributed by atoms with Crippen LogP contribution in [0.1, 0.15) is 37.7 Å². The number of hydrogen-bond donors (Lipinski definition) is 2. The predicted molar refractivity (Wildman–Crippen MR) is 105 cm³/mol. The maximum Gasteiger partial charge on any atom is 0.319 e. The monoisotopic (exact) mass is 350 g/mol. The summed E-state index contributed by atoms with van der Waals surface area (Å²) in [6.07, 6.45) is 8.18. The Kier molecular flexibility index (Phi) is 6.71. The van der Waals surface area contributed by atoms with E-state index in [1.807, 2.05) is 54.6 Å². The number of benzene rings is 2. The molecule has 2 aromatic rings. The van der Waals surface area contributed by atoms with Gasteiger partial charge in [-0.3, -0.25) is 0 Å². The van der Waals surface area contributed by atoms with E-state index in [2.05, 4.69) is 16.7 Å². The Labute approximate surface area is 155 Å². The van der Waals surface area contributed by atoms with Crippen molar-refractivity contribution in [1.82, 2.24) is 5.32 Å². The maximum atomic E-state index is 12.0. The third-order valence-corrected chi connectivity index (χ3v) is 4.48. The topological polar surface area (TPSA) is 50.4 Å². The number of carbonyl (C=O) groups excluding carboxylic acids is 1. The smallest absolute Gasteiger partial charge is 0.319 e. The molecule has 4 nitrogen and oxygen atoms in total. The van der Waals surface area contributed by atoms with Gasteiger partial charge < -0.3 is 15.4 Å². The van der Waals surface area contributed by atoms with Crippen molar-refractivity contribution < 1.29 is 9.53 Å². The standard InChI is InChI=1S/C22H26N2O2/c25-22(23-16-15-18-7-3-1-4-8-18)24-20-11-13-21(14-12-20)26-17-19-9-5-2-6-10-19/h2,5-7,9-14H,1,3-4,8,15-17H2,(H2,23,24,25). The third-order valence-electron chi connectivity index (χ3n) is 4.48. The fourth-order valence-corrected chi connectivity index (χ4v) is 3.02. The van der Waals surface area contributed by atoms with Crippen molar-refractivity contribution in [1.29, 1.82) is 0 Å². The molecule has 0 saturated heterocycles. The zero-order valence-electron chi connectivity index (χ0n) is 15.0. The number of nitrogens with one attached hydrogen (secondary N) is 2. The Morgan fingerprint density at radius 2 is 1.81 bits per heavy atom. The van der Waals surface area contributed by atoms with Crippen molar-refractivity contribution in [2.24, 2.45) is 0 Å². The molecule has 0 saturated carbocycles. The summed E-state index contributed by atoms with van der Waals surface area (Å²) in [7, 11) is 0. The zero-order chi connectivity index (χ0) is 18.0. The molecule has 0 bridgehead atoms. The highest BCUT2D eigenvalue weighted by Gasteiger charge is 2.05. The quantitative estimate of drug-likeness (QED) is 0.668. The Hall–Kier alpha value is -2.75. The second-order valence-electron chi connectivity index (χ2n) is 6.54. The molecule has 2 aromatic carbocycles. The van der Waals surface area contributed by atoms with E-state index < -0.39 is 0 Å². The van der Waals surface area contributed by atoms with Crippen LogP contribution in [0.4, 0.5) is 10.5 Å². The normalized spacial score (nSPS) is 13.6. The zero-order valence-corrected chi connectivity index (χ0v) is 15.0. The van der Waals surface area contributed by atoms with Crippen molar-refractivity contribution in [3.63, 3.8) is 0 Å². The highest BCUT2D eigenvalue weighted by molar-refractivity contribution is 5.89. The molecule has 0 atom stereocenters. The van der Waals surface area contributed by atoms with E-state index >= 15 is 0 Å². The summed E-state index contributed by atoms with van der Waals surface area (Å²) in [4.78, 5) is 12.0.